The minimum Gasteiger partial charge on any atom is -0.391 e. The Hall–Kier alpha value is -1.34. The number of hydrogen-bond donors (Lipinski definition) is 1. The van der Waals surface area contributed by atoms with Gasteiger partial charge in [-0.25, -0.2) is 8.78 Å². The maximum atomic E-state index is 12.3. The lowest BCUT2D eigenvalue weighted by atomic mass is 10.2. The van der Waals surface area contributed by atoms with E-state index in [4.69, 9.17) is 16.7 Å². The topological polar surface area (TPSA) is 76.3 Å². The molecule has 82 valence electrons. The van der Waals surface area contributed by atoms with Crippen molar-refractivity contribution in [2.45, 2.75) is 13.0 Å². The van der Waals surface area contributed by atoms with E-state index < -0.39 is 39.9 Å². The average Bonchev–Trinajstić information content (AvgIpc) is 2.16. The summed E-state index contributed by atoms with van der Waals surface area (Å²) in [5.41, 5.74) is -1.04. The molecule has 0 saturated carbocycles. The standard InChI is InChI=1S/C7H5ClF2N2O3/c8-5-3(6(9)10)1-11-7(12(14)15)4(5)2-13/h1,6,13H,2H2. The first-order valence-corrected chi connectivity index (χ1v) is 4.07. The van der Waals surface area contributed by atoms with Crippen molar-refractivity contribution >= 4 is 17.4 Å². The molecule has 1 rings (SSSR count). The minimum atomic E-state index is -2.89. The molecule has 0 aliphatic rings. The van der Waals surface area contributed by atoms with E-state index in [1.807, 2.05) is 0 Å². The molecule has 1 aromatic rings. The first-order chi connectivity index (χ1) is 6.99. The molecular formula is C7H5ClF2N2O3. The molecule has 0 spiro atoms. The molecule has 5 nitrogen and oxygen atoms in total. The SMILES string of the molecule is O=[N+]([O-])c1ncc(C(F)F)c(Cl)c1CO. The lowest BCUT2D eigenvalue weighted by Gasteiger charge is -2.05. The Morgan fingerprint density at radius 3 is 2.67 bits per heavy atom. The van der Waals surface area contributed by atoms with Crippen LogP contribution >= 0.6 is 11.6 Å². The van der Waals surface area contributed by atoms with Gasteiger partial charge >= 0.3 is 5.82 Å². The number of alkyl halides is 2. The number of aliphatic hydroxyl groups excluding tert-OH is 1. The number of pyridine rings is 1. The van der Waals surface area contributed by atoms with Crippen LogP contribution in [0.3, 0.4) is 0 Å². The van der Waals surface area contributed by atoms with Crippen molar-refractivity contribution in [3.05, 3.63) is 32.5 Å². The first kappa shape index (κ1) is 11.7. The second-order valence-corrected chi connectivity index (χ2v) is 2.92. The Kier molecular flexibility index (Phi) is 3.48. The molecule has 0 aliphatic carbocycles. The molecule has 0 amide bonds. The molecule has 1 heterocycles. The van der Waals surface area contributed by atoms with Crippen molar-refractivity contribution in [3.8, 4) is 0 Å². The summed E-state index contributed by atoms with van der Waals surface area (Å²) in [5.74, 6) is -0.716. The molecule has 1 aromatic heterocycles. The number of nitrogens with zero attached hydrogens (tertiary/aromatic N) is 2. The van der Waals surface area contributed by atoms with Gasteiger partial charge in [-0.1, -0.05) is 11.6 Å². The number of rotatable bonds is 3. The van der Waals surface area contributed by atoms with Gasteiger partial charge in [0.25, 0.3) is 6.43 Å². The Bertz CT molecular complexity index is 400. The summed E-state index contributed by atoms with van der Waals surface area (Å²) < 4.78 is 24.6. The van der Waals surface area contributed by atoms with Gasteiger partial charge in [-0.2, -0.15) is 0 Å². The minimum absolute atomic E-state index is 0.403. The normalized spacial score (nSPS) is 10.7. The van der Waals surface area contributed by atoms with Crippen LogP contribution in [0.1, 0.15) is 17.6 Å². The van der Waals surface area contributed by atoms with E-state index in [1.165, 1.54) is 0 Å². The van der Waals surface area contributed by atoms with Gasteiger partial charge in [-0.3, -0.25) is 0 Å². The zero-order valence-electron chi connectivity index (χ0n) is 7.15. The fourth-order valence-corrected chi connectivity index (χ4v) is 1.26. The molecule has 1 N–H and O–H groups in total. The summed E-state index contributed by atoms with van der Waals surface area (Å²) in [6.07, 6.45) is -2.26. The van der Waals surface area contributed by atoms with Gasteiger partial charge in [0.15, 0.2) is 6.20 Å². The van der Waals surface area contributed by atoms with Crippen molar-refractivity contribution in [1.82, 2.24) is 4.98 Å². The fraction of sp³-hybridized carbons (Fsp3) is 0.286. The molecule has 0 bridgehead atoms. The maximum Gasteiger partial charge on any atom is 0.370 e. The molecular weight excluding hydrogens is 234 g/mol. The van der Waals surface area contributed by atoms with Crippen LogP contribution in [0, 0.1) is 10.1 Å². The Morgan fingerprint density at radius 1 is 1.67 bits per heavy atom. The largest absolute Gasteiger partial charge is 0.391 e. The van der Waals surface area contributed by atoms with E-state index in [2.05, 4.69) is 4.98 Å². The highest BCUT2D eigenvalue weighted by Gasteiger charge is 2.25. The highest BCUT2D eigenvalue weighted by atomic mass is 35.5. The van der Waals surface area contributed by atoms with Crippen LogP contribution in [0.25, 0.3) is 0 Å². The van der Waals surface area contributed by atoms with Crippen LogP contribution in [0.2, 0.25) is 5.02 Å². The first-order valence-electron chi connectivity index (χ1n) is 3.69. The van der Waals surface area contributed by atoms with Gasteiger partial charge in [0.2, 0.25) is 0 Å². The molecule has 0 aromatic carbocycles. The van der Waals surface area contributed by atoms with Crippen LogP contribution in [0.4, 0.5) is 14.6 Å². The highest BCUT2D eigenvalue weighted by molar-refractivity contribution is 6.32. The van der Waals surface area contributed by atoms with Crippen LogP contribution in [0.5, 0.6) is 0 Å². The van der Waals surface area contributed by atoms with E-state index in [9.17, 15) is 18.9 Å². The number of hydrogen-bond acceptors (Lipinski definition) is 4. The van der Waals surface area contributed by atoms with Crippen molar-refractivity contribution in [2.24, 2.45) is 0 Å². The number of aromatic nitrogens is 1. The molecule has 0 aliphatic heterocycles. The zero-order chi connectivity index (χ0) is 11.6. The second kappa shape index (κ2) is 4.45. The van der Waals surface area contributed by atoms with E-state index in [-0.39, 0.29) is 0 Å². The van der Waals surface area contributed by atoms with E-state index in [0.29, 0.717) is 6.20 Å². The lowest BCUT2D eigenvalue weighted by molar-refractivity contribution is -0.390. The predicted molar refractivity (Wildman–Crippen MR) is 46.8 cm³/mol. The van der Waals surface area contributed by atoms with Crippen LogP contribution in [-0.4, -0.2) is 15.0 Å². The molecule has 0 radical (unpaired) electrons. The molecule has 0 unspecified atom stereocenters. The summed E-state index contributed by atoms with van der Waals surface area (Å²) in [6.45, 7) is -0.817. The van der Waals surface area contributed by atoms with E-state index in [0.717, 1.165) is 0 Å². The van der Waals surface area contributed by atoms with Crippen molar-refractivity contribution in [3.63, 3.8) is 0 Å². The smallest absolute Gasteiger partial charge is 0.370 e. The Labute approximate surface area is 87.5 Å². The highest BCUT2D eigenvalue weighted by Crippen LogP contribution is 2.33. The second-order valence-electron chi connectivity index (χ2n) is 2.55. The number of nitro groups is 1. The summed E-state index contributed by atoms with van der Waals surface area (Å²) in [4.78, 5) is 12.7. The fourth-order valence-electron chi connectivity index (χ4n) is 0.987. The molecule has 0 atom stereocenters. The van der Waals surface area contributed by atoms with E-state index >= 15 is 0 Å². The van der Waals surface area contributed by atoms with Gasteiger partial charge in [0, 0.05) is 0 Å². The molecule has 0 saturated heterocycles. The molecule has 0 fully saturated rings. The monoisotopic (exact) mass is 238 g/mol. The van der Waals surface area contributed by atoms with Gasteiger partial charge in [-0.15, -0.1) is 0 Å². The molecule has 15 heavy (non-hydrogen) atoms. The van der Waals surface area contributed by atoms with Gasteiger partial charge in [-0.05, 0) is 9.91 Å². The quantitative estimate of drug-likeness (QED) is 0.646. The summed E-state index contributed by atoms with van der Waals surface area (Å²) in [7, 11) is 0. The maximum absolute atomic E-state index is 12.3. The number of aliphatic hydroxyl groups is 1. The van der Waals surface area contributed by atoms with Crippen LogP contribution in [0.15, 0.2) is 6.20 Å². The third-order valence-corrected chi connectivity index (χ3v) is 2.13. The summed E-state index contributed by atoms with van der Waals surface area (Å²) in [6, 6.07) is 0. The Balaban J connectivity index is 3.39. The van der Waals surface area contributed by atoms with Crippen molar-refractivity contribution in [1.29, 1.82) is 0 Å². The third-order valence-electron chi connectivity index (χ3n) is 1.68. The summed E-state index contributed by atoms with van der Waals surface area (Å²) in [5, 5.41) is 18.7. The van der Waals surface area contributed by atoms with Gasteiger partial charge in [0.05, 0.1) is 22.8 Å². The third kappa shape index (κ3) is 2.18. The zero-order valence-corrected chi connectivity index (χ0v) is 7.91. The summed E-state index contributed by atoms with van der Waals surface area (Å²) >= 11 is 5.47. The Morgan fingerprint density at radius 2 is 2.27 bits per heavy atom. The van der Waals surface area contributed by atoms with Crippen molar-refractivity contribution in [2.75, 3.05) is 0 Å². The average molecular weight is 239 g/mol. The van der Waals surface area contributed by atoms with Crippen LogP contribution in [-0.2, 0) is 6.61 Å². The lowest BCUT2D eigenvalue weighted by Crippen LogP contribution is -2.02. The van der Waals surface area contributed by atoms with Gasteiger partial charge < -0.3 is 15.2 Å². The van der Waals surface area contributed by atoms with E-state index in [1.54, 1.807) is 0 Å². The molecule has 8 heteroatoms. The predicted octanol–water partition coefficient (Wildman–Crippen LogP) is 2.07. The van der Waals surface area contributed by atoms with Crippen LogP contribution < -0.4 is 0 Å². The van der Waals surface area contributed by atoms with Crippen molar-refractivity contribution < 1.29 is 18.8 Å². The van der Waals surface area contributed by atoms with Gasteiger partial charge in [0.1, 0.15) is 0 Å². The number of halogens is 3.